The van der Waals surface area contributed by atoms with E-state index in [0.29, 0.717) is 12.8 Å². The fraction of sp³-hybridized carbons (Fsp3) is 0.667. The number of nitrogens with zero attached hydrogens (tertiary/aromatic N) is 2. The van der Waals surface area contributed by atoms with Crippen LogP contribution in [-0.4, -0.2) is 27.4 Å². The van der Waals surface area contributed by atoms with Crippen LogP contribution < -0.4 is 5.73 Å². The van der Waals surface area contributed by atoms with E-state index in [1.165, 1.54) is 0 Å². The van der Waals surface area contributed by atoms with Gasteiger partial charge >= 0.3 is 5.97 Å². The van der Waals surface area contributed by atoms with E-state index >= 15 is 0 Å². The smallest absolute Gasteiger partial charge is 0.311 e. The third-order valence-corrected chi connectivity index (χ3v) is 3.51. The Morgan fingerprint density at radius 1 is 1.65 bits per heavy atom. The van der Waals surface area contributed by atoms with Crippen LogP contribution in [0.25, 0.3) is 0 Å². The van der Waals surface area contributed by atoms with Gasteiger partial charge in [-0.15, -0.1) is 0 Å². The number of aryl methyl sites for hydroxylation is 2. The van der Waals surface area contributed by atoms with Crippen molar-refractivity contribution < 1.29 is 9.90 Å². The lowest BCUT2D eigenvalue weighted by Gasteiger charge is -2.31. The predicted molar refractivity (Wildman–Crippen MR) is 65.5 cm³/mol. The molecule has 17 heavy (non-hydrogen) atoms. The molecular weight excluding hydrogens is 218 g/mol. The maximum Gasteiger partial charge on any atom is 0.311 e. The van der Waals surface area contributed by atoms with E-state index in [1.54, 1.807) is 10.9 Å². The maximum absolute atomic E-state index is 11.4. The first kappa shape index (κ1) is 13.7. The average molecular weight is 239 g/mol. The largest absolute Gasteiger partial charge is 0.481 e. The molecule has 0 spiro atoms. The van der Waals surface area contributed by atoms with E-state index in [9.17, 15) is 9.90 Å². The number of nitrogens with two attached hydrogens (primary N) is 1. The molecule has 0 aliphatic heterocycles. The summed E-state index contributed by atoms with van der Waals surface area (Å²) < 4.78 is 1.72. The first-order chi connectivity index (χ1) is 7.92. The Morgan fingerprint density at radius 3 is 2.65 bits per heavy atom. The Bertz CT molecular complexity index is 387. The van der Waals surface area contributed by atoms with Gasteiger partial charge in [0.05, 0.1) is 11.6 Å². The Hall–Kier alpha value is -1.36. The van der Waals surface area contributed by atoms with Crippen molar-refractivity contribution in [2.75, 3.05) is 6.54 Å². The van der Waals surface area contributed by atoms with Gasteiger partial charge in [0.2, 0.25) is 0 Å². The van der Waals surface area contributed by atoms with Crippen LogP contribution in [0.2, 0.25) is 0 Å². The number of aliphatic carboxylic acids is 1. The fourth-order valence-electron chi connectivity index (χ4n) is 2.04. The Balaban J connectivity index is 2.77. The van der Waals surface area contributed by atoms with Crippen molar-refractivity contribution in [1.29, 1.82) is 0 Å². The highest BCUT2D eigenvalue weighted by Crippen LogP contribution is 2.32. The third kappa shape index (κ3) is 2.85. The number of hydrogen-bond acceptors (Lipinski definition) is 3. The summed E-state index contributed by atoms with van der Waals surface area (Å²) in [5.41, 5.74) is 5.89. The van der Waals surface area contributed by atoms with Crippen LogP contribution in [0, 0.1) is 11.3 Å². The molecule has 96 valence electrons. The first-order valence-corrected chi connectivity index (χ1v) is 5.83. The number of rotatable bonds is 6. The lowest BCUT2D eigenvalue weighted by atomic mass is 9.73. The zero-order valence-corrected chi connectivity index (χ0v) is 10.7. The SMILES string of the molecule is CC(C)C(CN)(CCc1cnn(C)c1)C(=O)O. The molecule has 0 radical (unpaired) electrons. The van der Waals surface area contributed by atoms with Gasteiger partial charge in [0.15, 0.2) is 0 Å². The molecule has 0 bridgehead atoms. The first-order valence-electron chi connectivity index (χ1n) is 5.83. The molecule has 5 nitrogen and oxygen atoms in total. The molecule has 5 heteroatoms. The van der Waals surface area contributed by atoms with Crippen molar-refractivity contribution >= 4 is 5.97 Å². The molecule has 0 saturated heterocycles. The van der Waals surface area contributed by atoms with E-state index in [2.05, 4.69) is 5.10 Å². The van der Waals surface area contributed by atoms with Crippen molar-refractivity contribution in [2.24, 2.45) is 24.1 Å². The highest BCUT2D eigenvalue weighted by molar-refractivity contribution is 5.75. The second-order valence-corrected chi connectivity index (χ2v) is 4.84. The van der Waals surface area contributed by atoms with Gasteiger partial charge in [0.25, 0.3) is 0 Å². The van der Waals surface area contributed by atoms with Gasteiger partial charge in [-0.1, -0.05) is 13.8 Å². The Kier molecular flexibility index (Phi) is 4.28. The molecule has 0 aliphatic rings. The van der Waals surface area contributed by atoms with E-state index < -0.39 is 11.4 Å². The van der Waals surface area contributed by atoms with Crippen molar-refractivity contribution in [3.05, 3.63) is 18.0 Å². The minimum atomic E-state index is -0.837. The third-order valence-electron chi connectivity index (χ3n) is 3.51. The van der Waals surface area contributed by atoms with E-state index in [0.717, 1.165) is 5.56 Å². The summed E-state index contributed by atoms with van der Waals surface area (Å²) in [6.07, 6.45) is 4.91. The summed E-state index contributed by atoms with van der Waals surface area (Å²) in [6.45, 7) is 3.98. The molecule has 3 N–H and O–H groups in total. The van der Waals surface area contributed by atoms with E-state index in [1.807, 2.05) is 27.1 Å². The fourth-order valence-corrected chi connectivity index (χ4v) is 2.04. The summed E-state index contributed by atoms with van der Waals surface area (Å²) in [5, 5.41) is 13.4. The number of carboxylic acids is 1. The normalized spacial score (nSPS) is 14.9. The zero-order chi connectivity index (χ0) is 13.1. The summed E-state index contributed by atoms with van der Waals surface area (Å²) in [5.74, 6) is -0.791. The molecule has 1 aromatic heterocycles. The Morgan fingerprint density at radius 2 is 2.29 bits per heavy atom. The van der Waals surface area contributed by atoms with Crippen molar-refractivity contribution in [2.45, 2.75) is 26.7 Å². The number of carboxylic acid groups (broad SMARTS) is 1. The quantitative estimate of drug-likeness (QED) is 0.777. The molecule has 0 saturated carbocycles. The molecule has 1 rings (SSSR count). The van der Waals surface area contributed by atoms with Crippen LogP contribution in [0.4, 0.5) is 0 Å². The second-order valence-electron chi connectivity index (χ2n) is 4.84. The number of carbonyl (C=O) groups is 1. The summed E-state index contributed by atoms with van der Waals surface area (Å²) in [4.78, 5) is 11.4. The van der Waals surface area contributed by atoms with Crippen LogP contribution in [0.1, 0.15) is 25.8 Å². The highest BCUT2D eigenvalue weighted by atomic mass is 16.4. The second kappa shape index (κ2) is 5.31. The van der Waals surface area contributed by atoms with Crippen molar-refractivity contribution in [3.63, 3.8) is 0 Å². The van der Waals surface area contributed by atoms with Gasteiger partial charge in [-0.3, -0.25) is 9.48 Å². The van der Waals surface area contributed by atoms with E-state index in [4.69, 9.17) is 5.73 Å². The molecule has 1 atom stereocenters. The van der Waals surface area contributed by atoms with Gasteiger partial charge < -0.3 is 10.8 Å². The lowest BCUT2D eigenvalue weighted by molar-refractivity contribution is -0.151. The van der Waals surface area contributed by atoms with Crippen LogP contribution in [0.15, 0.2) is 12.4 Å². The molecule has 1 aromatic rings. The standard InChI is InChI=1S/C12H21N3O2/c1-9(2)12(8-13,11(16)17)5-4-10-6-14-15(3)7-10/h6-7,9H,4-5,8,13H2,1-3H3,(H,16,17). The number of aromatic nitrogens is 2. The summed E-state index contributed by atoms with van der Waals surface area (Å²) >= 11 is 0. The molecule has 0 fully saturated rings. The van der Waals surface area contributed by atoms with Crippen LogP contribution in [0.5, 0.6) is 0 Å². The van der Waals surface area contributed by atoms with Gasteiger partial charge in [0, 0.05) is 19.8 Å². The summed E-state index contributed by atoms with van der Waals surface area (Å²) in [6, 6.07) is 0. The molecule has 1 heterocycles. The van der Waals surface area contributed by atoms with Crippen LogP contribution >= 0.6 is 0 Å². The molecular formula is C12H21N3O2. The highest BCUT2D eigenvalue weighted by Gasteiger charge is 2.39. The van der Waals surface area contributed by atoms with Gasteiger partial charge in [-0.2, -0.15) is 5.10 Å². The predicted octanol–water partition coefficient (Wildman–Crippen LogP) is 1.04. The molecule has 0 aromatic carbocycles. The lowest BCUT2D eigenvalue weighted by Crippen LogP contribution is -2.43. The molecule has 1 unspecified atom stereocenters. The minimum Gasteiger partial charge on any atom is -0.481 e. The van der Waals surface area contributed by atoms with Gasteiger partial charge in [-0.05, 0) is 24.3 Å². The van der Waals surface area contributed by atoms with E-state index in [-0.39, 0.29) is 12.5 Å². The monoisotopic (exact) mass is 239 g/mol. The van der Waals surface area contributed by atoms with Crippen molar-refractivity contribution in [3.8, 4) is 0 Å². The van der Waals surface area contributed by atoms with Crippen LogP contribution in [-0.2, 0) is 18.3 Å². The maximum atomic E-state index is 11.4. The van der Waals surface area contributed by atoms with Crippen molar-refractivity contribution in [1.82, 2.24) is 9.78 Å². The average Bonchev–Trinajstić information content (AvgIpc) is 2.65. The summed E-state index contributed by atoms with van der Waals surface area (Å²) in [7, 11) is 1.85. The molecule has 0 amide bonds. The topological polar surface area (TPSA) is 81.1 Å². The van der Waals surface area contributed by atoms with Gasteiger partial charge in [-0.25, -0.2) is 0 Å². The minimum absolute atomic E-state index is 0.0154. The number of hydrogen-bond donors (Lipinski definition) is 2. The zero-order valence-electron chi connectivity index (χ0n) is 10.7. The van der Waals surface area contributed by atoms with Gasteiger partial charge in [0.1, 0.15) is 0 Å². The van der Waals surface area contributed by atoms with Crippen LogP contribution in [0.3, 0.4) is 0 Å². The molecule has 0 aliphatic carbocycles. The Labute approximate surface area is 102 Å².